The fourth-order valence-electron chi connectivity index (χ4n) is 3.22. The van der Waals surface area contributed by atoms with E-state index in [0.29, 0.717) is 11.5 Å². The number of hydrogen-bond acceptors (Lipinski definition) is 4. The molecule has 1 aliphatic rings. The molecule has 2 heterocycles. The van der Waals surface area contributed by atoms with E-state index in [2.05, 4.69) is 21.5 Å². The molecule has 1 aromatic carbocycles. The van der Waals surface area contributed by atoms with Gasteiger partial charge in [0.2, 0.25) is 0 Å². The maximum atomic E-state index is 12.5. The lowest BCUT2D eigenvalue weighted by Gasteiger charge is -2.32. The van der Waals surface area contributed by atoms with Crippen molar-refractivity contribution in [3.05, 3.63) is 59.8 Å². The second kappa shape index (κ2) is 9.56. The summed E-state index contributed by atoms with van der Waals surface area (Å²) in [4.78, 5) is 30.5. The SMILES string of the molecule is C#CCNC(=O)c1ccc(NCC2CCN(C(=O)c3ccccc3)CC2)nc1. The van der Waals surface area contributed by atoms with Crippen molar-refractivity contribution in [1.82, 2.24) is 15.2 Å². The molecule has 2 aromatic rings. The summed E-state index contributed by atoms with van der Waals surface area (Å²) in [7, 11) is 0. The Labute approximate surface area is 165 Å². The number of nitrogens with one attached hydrogen (secondary N) is 2. The maximum Gasteiger partial charge on any atom is 0.253 e. The number of carbonyl (C=O) groups is 2. The Morgan fingerprint density at radius 1 is 1.11 bits per heavy atom. The van der Waals surface area contributed by atoms with Gasteiger partial charge in [0.1, 0.15) is 5.82 Å². The minimum absolute atomic E-state index is 0.104. The van der Waals surface area contributed by atoms with Gasteiger partial charge < -0.3 is 15.5 Å². The van der Waals surface area contributed by atoms with Gasteiger partial charge in [-0.15, -0.1) is 6.42 Å². The first-order chi connectivity index (χ1) is 13.7. The predicted octanol–water partition coefficient (Wildman–Crippen LogP) is 2.41. The number of anilines is 1. The summed E-state index contributed by atoms with van der Waals surface area (Å²) < 4.78 is 0. The van der Waals surface area contributed by atoms with E-state index in [1.54, 1.807) is 12.1 Å². The van der Waals surface area contributed by atoms with Gasteiger partial charge in [0.15, 0.2) is 0 Å². The minimum Gasteiger partial charge on any atom is -0.370 e. The number of pyridine rings is 1. The molecule has 28 heavy (non-hydrogen) atoms. The minimum atomic E-state index is -0.229. The molecule has 0 atom stereocenters. The number of piperidine rings is 1. The first-order valence-electron chi connectivity index (χ1n) is 9.43. The van der Waals surface area contributed by atoms with Crippen LogP contribution in [0.4, 0.5) is 5.82 Å². The number of hydrogen-bond donors (Lipinski definition) is 2. The van der Waals surface area contributed by atoms with Crippen molar-refractivity contribution < 1.29 is 9.59 Å². The number of benzene rings is 1. The largest absolute Gasteiger partial charge is 0.370 e. The van der Waals surface area contributed by atoms with Gasteiger partial charge in [0.05, 0.1) is 12.1 Å². The molecule has 0 spiro atoms. The quantitative estimate of drug-likeness (QED) is 0.760. The van der Waals surface area contributed by atoms with Gasteiger partial charge >= 0.3 is 0 Å². The fourth-order valence-corrected chi connectivity index (χ4v) is 3.22. The van der Waals surface area contributed by atoms with Gasteiger partial charge in [-0.1, -0.05) is 24.1 Å². The van der Waals surface area contributed by atoms with Crippen molar-refractivity contribution in [1.29, 1.82) is 0 Å². The summed E-state index contributed by atoms with van der Waals surface area (Å²) >= 11 is 0. The Kier molecular flexibility index (Phi) is 6.64. The molecule has 144 valence electrons. The van der Waals surface area contributed by atoms with Crippen molar-refractivity contribution >= 4 is 17.6 Å². The lowest BCUT2D eigenvalue weighted by molar-refractivity contribution is 0.0694. The number of rotatable bonds is 6. The molecule has 1 aliphatic heterocycles. The summed E-state index contributed by atoms with van der Waals surface area (Å²) in [5.41, 5.74) is 1.23. The Hall–Kier alpha value is -3.33. The van der Waals surface area contributed by atoms with Crippen LogP contribution in [0.5, 0.6) is 0 Å². The average Bonchev–Trinajstić information content (AvgIpc) is 2.77. The zero-order valence-electron chi connectivity index (χ0n) is 15.7. The van der Waals surface area contributed by atoms with E-state index in [1.807, 2.05) is 35.2 Å². The molecule has 0 aliphatic carbocycles. The Morgan fingerprint density at radius 3 is 2.50 bits per heavy atom. The second-order valence-electron chi connectivity index (χ2n) is 6.80. The third-order valence-electron chi connectivity index (χ3n) is 4.87. The number of carbonyl (C=O) groups excluding carboxylic acids is 2. The molecular weight excluding hydrogens is 352 g/mol. The molecule has 6 nitrogen and oxygen atoms in total. The number of likely N-dealkylation sites (tertiary alicyclic amines) is 1. The van der Waals surface area contributed by atoms with Crippen molar-refractivity contribution in [2.75, 3.05) is 31.5 Å². The van der Waals surface area contributed by atoms with Crippen LogP contribution in [-0.2, 0) is 0 Å². The highest BCUT2D eigenvalue weighted by atomic mass is 16.2. The Morgan fingerprint density at radius 2 is 1.86 bits per heavy atom. The van der Waals surface area contributed by atoms with Crippen LogP contribution >= 0.6 is 0 Å². The molecule has 2 N–H and O–H groups in total. The number of nitrogens with zero attached hydrogens (tertiary/aromatic N) is 2. The average molecular weight is 376 g/mol. The van der Waals surface area contributed by atoms with E-state index in [4.69, 9.17) is 6.42 Å². The lowest BCUT2D eigenvalue weighted by atomic mass is 9.96. The molecular formula is C22H24N4O2. The molecule has 0 unspecified atom stereocenters. The number of amides is 2. The zero-order chi connectivity index (χ0) is 19.8. The lowest BCUT2D eigenvalue weighted by Crippen LogP contribution is -2.39. The standard InChI is InChI=1S/C22H24N4O2/c1-2-12-23-21(27)19-8-9-20(25-16-19)24-15-17-10-13-26(14-11-17)22(28)18-6-4-3-5-7-18/h1,3-9,16-17H,10-15H2,(H,23,27)(H,24,25). The van der Waals surface area contributed by atoms with Gasteiger partial charge in [0, 0.05) is 31.4 Å². The Balaban J connectivity index is 1.43. The molecule has 2 amide bonds. The van der Waals surface area contributed by atoms with Crippen LogP contribution in [0, 0.1) is 18.3 Å². The number of terminal acetylenes is 1. The van der Waals surface area contributed by atoms with Crippen LogP contribution in [0.1, 0.15) is 33.6 Å². The molecule has 6 heteroatoms. The highest BCUT2D eigenvalue weighted by Gasteiger charge is 2.23. The highest BCUT2D eigenvalue weighted by Crippen LogP contribution is 2.19. The summed E-state index contributed by atoms with van der Waals surface area (Å²) in [5, 5.41) is 5.93. The fraction of sp³-hybridized carbons (Fsp3) is 0.318. The summed E-state index contributed by atoms with van der Waals surface area (Å²) in [6.45, 7) is 2.52. The third-order valence-corrected chi connectivity index (χ3v) is 4.87. The summed E-state index contributed by atoms with van der Waals surface area (Å²) in [6.07, 6.45) is 8.58. The smallest absolute Gasteiger partial charge is 0.253 e. The molecule has 0 radical (unpaired) electrons. The van der Waals surface area contributed by atoms with Gasteiger partial charge in [-0.2, -0.15) is 0 Å². The zero-order valence-corrected chi connectivity index (χ0v) is 15.7. The van der Waals surface area contributed by atoms with Crippen LogP contribution in [0.3, 0.4) is 0 Å². The van der Waals surface area contributed by atoms with Gasteiger partial charge in [-0.25, -0.2) is 4.98 Å². The predicted molar refractivity (Wildman–Crippen MR) is 109 cm³/mol. The van der Waals surface area contributed by atoms with Gasteiger partial charge in [-0.3, -0.25) is 9.59 Å². The summed E-state index contributed by atoms with van der Waals surface area (Å²) in [5.74, 6) is 3.46. The van der Waals surface area contributed by atoms with Crippen molar-refractivity contribution in [2.24, 2.45) is 5.92 Å². The second-order valence-corrected chi connectivity index (χ2v) is 6.80. The van der Waals surface area contributed by atoms with E-state index in [0.717, 1.165) is 43.9 Å². The normalized spacial score (nSPS) is 14.2. The number of aromatic nitrogens is 1. The van der Waals surface area contributed by atoms with E-state index in [-0.39, 0.29) is 18.4 Å². The van der Waals surface area contributed by atoms with Crippen LogP contribution in [0.15, 0.2) is 48.7 Å². The van der Waals surface area contributed by atoms with Gasteiger partial charge in [-0.05, 0) is 43.0 Å². The first kappa shape index (κ1) is 19.4. The van der Waals surface area contributed by atoms with Crippen LogP contribution < -0.4 is 10.6 Å². The van der Waals surface area contributed by atoms with Crippen LogP contribution in [-0.4, -0.2) is 47.9 Å². The summed E-state index contributed by atoms with van der Waals surface area (Å²) in [6, 6.07) is 12.9. The first-order valence-corrected chi connectivity index (χ1v) is 9.43. The maximum absolute atomic E-state index is 12.5. The monoisotopic (exact) mass is 376 g/mol. The molecule has 1 saturated heterocycles. The van der Waals surface area contributed by atoms with Crippen LogP contribution in [0.25, 0.3) is 0 Å². The topological polar surface area (TPSA) is 74.3 Å². The third kappa shape index (κ3) is 5.10. The Bertz CT molecular complexity index is 835. The van der Waals surface area contributed by atoms with E-state index >= 15 is 0 Å². The van der Waals surface area contributed by atoms with Crippen molar-refractivity contribution in [3.63, 3.8) is 0 Å². The van der Waals surface area contributed by atoms with Gasteiger partial charge in [0.25, 0.3) is 11.8 Å². The van der Waals surface area contributed by atoms with Crippen LogP contribution in [0.2, 0.25) is 0 Å². The molecule has 1 aromatic heterocycles. The van der Waals surface area contributed by atoms with E-state index in [9.17, 15) is 9.59 Å². The molecule has 3 rings (SSSR count). The van der Waals surface area contributed by atoms with Crippen molar-refractivity contribution in [3.8, 4) is 12.3 Å². The van der Waals surface area contributed by atoms with E-state index in [1.165, 1.54) is 6.20 Å². The molecule has 0 saturated carbocycles. The van der Waals surface area contributed by atoms with E-state index < -0.39 is 0 Å². The highest BCUT2D eigenvalue weighted by molar-refractivity contribution is 5.94. The molecule has 0 bridgehead atoms. The molecule has 1 fully saturated rings. The van der Waals surface area contributed by atoms with Crippen molar-refractivity contribution in [2.45, 2.75) is 12.8 Å².